The number of thiocarbonyl (C=S) groups is 1. The number of hydrogen-bond acceptors (Lipinski definition) is 3. The minimum absolute atomic E-state index is 0.153. The van der Waals surface area contributed by atoms with Crippen LogP contribution in [0.25, 0.3) is 4.85 Å². The van der Waals surface area contributed by atoms with Gasteiger partial charge in [0.25, 0.3) is 5.91 Å². The highest BCUT2D eigenvalue weighted by molar-refractivity contribution is 7.81. The van der Waals surface area contributed by atoms with E-state index in [1.165, 1.54) is 11.0 Å². The van der Waals surface area contributed by atoms with E-state index in [0.29, 0.717) is 17.1 Å². The molecule has 2 aromatic rings. The molecular formula is C22H22FN3O2S. The van der Waals surface area contributed by atoms with Crippen LogP contribution in [0.4, 0.5) is 21.5 Å². The second-order valence-corrected chi connectivity index (χ2v) is 8.05. The van der Waals surface area contributed by atoms with E-state index < -0.39 is 11.4 Å². The lowest BCUT2D eigenvalue weighted by molar-refractivity contribution is -0.120. The molecule has 0 radical (unpaired) electrons. The molecule has 7 heteroatoms. The van der Waals surface area contributed by atoms with Gasteiger partial charge >= 0.3 is 0 Å². The van der Waals surface area contributed by atoms with E-state index in [9.17, 15) is 9.18 Å². The van der Waals surface area contributed by atoms with Gasteiger partial charge < -0.3 is 9.64 Å². The Morgan fingerprint density at radius 2 is 1.83 bits per heavy atom. The Kier molecular flexibility index (Phi) is 5.33. The fraction of sp³-hybridized carbons (Fsp3) is 0.318. The fourth-order valence-corrected chi connectivity index (χ4v) is 3.86. The van der Waals surface area contributed by atoms with Crippen molar-refractivity contribution in [3.05, 3.63) is 59.2 Å². The number of carbonyl (C=O) groups excluding carboxylic acids is 1. The lowest BCUT2D eigenvalue weighted by Crippen LogP contribution is -2.44. The zero-order valence-corrected chi connectivity index (χ0v) is 17.8. The first-order valence-corrected chi connectivity index (χ1v) is 9.61. The van der Waals surface area contributed by atoms with Crippen LogP contribution in [0.2, 0.25) is 0 Å². The van der Waals surface area contributed by atoms with Crippen LogP contribution in [0, 0.1) is 19.3 Å². The molecular weight excluding hydrogens is 389 g/mol. The van der Waals surface area contributed by atoms with Crippen molar-refractivity contribution < 1.29 is 13.9 Å². The number of rotatable bonds is 4. The Hall–Kier alpha value is -2.98. The zero-order valence-electron chi connectivity index (χ0n) is 17.0. The monoisotopic (exact) mass is 411 g/mol. The molecule has 0 unspecified atom stereocenters. The average Bonchev–Trinajstić information content (AvgIpc) is 2.81. The van der Waals surface area contributed by atoms with Gasteiger partial charge in [-0.3, -0.25) is 9.69 Å². The third-order valence-corrected chi connectivity index (χ3v) is 5.13. The topological polar surface area (TPSA) is 37.1 Å². The van der Waals surface area contributed by atoms with Crippen LogP contribution in [0.5, 0.6) is 5.75 Å². The summed E-state index contributed by atoms with van der Waals surface area (Å²) < 4.78 is 20.0. The molecule has 2 aromatic carbocycles. The summed E-state index contributed by atoms with van der Waals surface area (Å²) in [6, 6.07) is 9.70. The van der Waals surface area contributed by atoms with Crippen molar-refractivity contribution in [1.29, 1.82) is 0 Å². The number of nitrogens with zero attached hydrogens (tertiary/aromatic N) is 3. The van der Waals surface area contributed by atoms with E-state index in [0.717, 1.165) is 5.56 Å². The minimum Gasteiger partial charge on any atom is -0.488 e. The maximum Gasteiger partial charge on any atom is 0.259 e. The second-order valence-electron chi connectivity index (χ2n) is 7.68. The predicted molar refractivity (Wildman–Crippen MR) is 116 cm³/mol. The Bertz CT molecular complexity index is 1040. The summed E-state index contributed by atoms with van der Waals surface area (Å²) in [6.45, 7) is 16.2. The average molecular weight is 412 g/mol. The summed E-state index contributed by atoms with van der Waals surface area (Å²) in [4.78, 5) is 19.7. The predicted octanol–water partition coefficient (Wildman–Crippen LogP) is 5.39. The lowest BCUT2D eigenvalue weighted by atomic mass is 10.0. The van der Waals surface area contributed by atoms with Crippen molar-refractivity contribution in [2.75, 3.05) is 9.80 Å². The highest BCUT2D eigenvalue weighted by Gasteiger charge is 2.50. The van der Waals surface area contributed by atoms with E-state index in [-0.39, 0.29) is 22.9 Å². The standard InChI is InChI=1S/C22H22FN3O2S/c1-13(2)28-19-10-8-16(12-17(19)23)26-21(29)25(20(27)22(26,4)5)15-7-9-18(24-6)14(3)11-15/h7-13H,1-5H3. The van der Waals surface area contributed by atoms with Crippen molar-refractivity contribution in [2.24, 2.45) is 0 Å². The number of halogens is 1. The molecule has 0 aliphatic carbocycles. The molecule has 0 bridgehead atoms. The molecule has 1 fully saturated rings. The smallest absolute Gasteiger partial charge is 0.259 e. The summed E-state index contributed by atoms with van der Waals surface area (Å²) in [5, 5.41) is 0.256. The van der Waals surface area contributed by atoms with Gasteiger partial charge in [-0.1, -0.05) is 6.07 Å². The molecule has 0 spiro atoms. The van der Waals surface area contributed by atoms with Crippen molar-refractivity contribution in [3.63, 3.8) is 0 Å². The quantitative estimate of drug-likeness (QED) is 0.499. The van der Waals surface area contributed by atoms with Crippen LogP contribution in [0.15, 0.2) is 36.4 Å². The van der Waals surface area contributed by atoms with E-state index in [2.05, 4.69) is 4.85 Å². The van der Waals surface area contributed by atoms with Gasteiger partial charge in [0.2, 0.25) is 0 Å². The van der Waals surface area contributed by atoms with Gasteiger partial charge in [0.05, 0.1) is 12.7 Å². The molecule has 5 nitrogen and oxygen atoms in total. The Morgan fingerprint density at radius 3 is 2.38 bits per heavy atom. The normalized spacial score (nSPS) is 15.8. The number of anilines is 2. The second kappa shape index (κ2) is 7.45. The molecule has 0 atom stereocenters. The Morgan fingerprint density at radius 1 is 1.17 bits per heavy atom. The van der Waals surface area contributed by atoms with Crippen molar-refractivity contribution in [1.82, 2.24) is 0 Å². The maximum absolute atomic E-state index is 14.6. The SMILES string of the molecule is [C-]#[N+]c1ccc(N2C(=O)C(C)(C)N(c3ccc(OC(C)C)c(F)c3)C2=S)cc1C. The number of hydrogen-bond donors (Lipinski definition) is 0. The van der Waals surface area contributed by atoms with Gasteiger partial charge in [-0.2, -0.15) is 0 Å². The molecule has 1 aliphatic rings. The number of ether oxygens (including phenoxy) is 1. The summed E-state index contributed by atoms with van der Waals surface area (Å²) in [5.41, 5.74) is 1.33. The number of amides is 1. The largest absolute Gasteiger partial charge is 0.488 e. The third kappa shape index (κ3) is 3.56. The number of benzene rings is 2. The molecule has 1 amide bonds. The van der Waals surface area contributed by atoms with Gasteiger partial charge in [0.1, 0.15) is 5.54 Å². The lowest BCUT2D eigenvalue weighted by Gasteiger charge is -2.29. The van der Waals surface area contributed by atoms with Crippen LogP contribution < -0.4 is 14.5 Å². The third-order valence-electron chi connectivity index (χ3n) is 4.76. The van der Waals surface area contributed by atoms with E-state index >= 15 is 0 Å². The van der Waals surface area contributed by atoms with Crippen molar-refractivity contribution >= 4 is 40.3 Å². The van der Waals surface area contributed by atoms with Crippen LogP contribution in [-0.2, 0) is 4.79 Å². The molecule has 3 rings (SSSR count). The molecule has 29 heavy (non-hydrogen) atoms. The van der Waals surface area contributed by atoms with Crippen molar-refractivity contribution in [2.45, 2.75) is 46.3 Å². The molecule has 1 aliphatic heterocycles. The molecule has 0 aromatic heterocycles. The summed E-state index contributed by atoms with van der Waals surface area (Å²) in [7, 11) is 0. The highest BCUT2D eigenvalue weighted by Crippen LogP contribution is 2.38. The number of aryl methyl sites for hydroxylation is 1. The molecule has 0 saturated carbocycles. The van der Waals surface area contributed by atoms with Gasteiger partial charge in [0, 0.05) is 17.4 Å². The summed E-state index contributed by atoms with van der Waals surface area (Å²) in [6.07, 6.45) is -0.154. The molecule has 150 valence electrons. The van der Waals surface area contributed by atoms with Crippen molar-refractivity contribution in [3.8, 4) is 5.75 Å². The highest BCUT2D eigenvalue weighted by atomic mass is 32.1. The van der Waals surface area contributed by atoms with E-state index in [1.807, 2.05) is 20.8 Å². The zero-order chi connectivity index (χ0) is 21.5. The number of carbonyl (C=O) groups is 1. The first kappa shape index (κ1) is 20.7. The fourth-order valence-electron chi connectivity index (χ4n) is 3.34. The van der Waals surface area contributed by atoms with Gasteiger partial charge in [-0.05, 0) is 76.7 Å². The maximum atomic E-state index is 14.6. The van der Waals surface area contributed by atoms with Crippen LogP contribution >= 0.6 is 12.2 Å². The molecule has 0 N–H and O–H groups in total. The Balaban J connectivity index is 2.02. The van der Waals surface area contributed by atoms with E-state index in [4.69, 9.17) is 23.5 Å². The molecule has 1 saturated heterocycles. The Labute approximate surface area is 175 Å². The van der Waals surface area contributed by atoms with Gasteiger partial charge in [0.15, 0.2) is 22.4 Å². The van der Waals surface area contributed by atoms with E-state index in [1.54, 1.807) is 49.1 Å². The van der Waals surface area contributed by atoms with Crippen LogP contribution in [0.1, 0.15) is 33.3 Å². The first-order valence-electron chi connectivity index (χ1n) is 9.21. The van der Waals surface area contributed by atoms with Gasteiger partial charge in [-0.25, -0.2) is 9.24 Å². The van der Waals surface area contributed by atoms with Gasteiger partial charge in [-0.15, -0.1) is 0 Å². The van der Waals surface area contributed by atoms with Crippen LogP contribution in [-0.4, -0.2) is 22.7 Å². The summed E-state index contributed by atoms with van der Waals surface area (Å²) >= 11 is 5.62. The molecule has 1 heterocycles. The summed E-state index contributed by atoms with van der Waals surface area (Å²) in [5.74, 6) is -0.585. The first-order chi connectivity index (χ1) is 13.6. The van der Waals surface area contributed by atoms with Crippen LogP contribution in [0.3, 0.4) is 0 Å². The minimum atomic E-state index is -1.00.